The van der Waals surface area contributed by atoms with Crippen LogP contribution in [0.25, 0.3) is 0 Å². The van der Waals surface area contributed by atoms with Crippen LogP contribution in [0.2, 0.25) is 0 Å². The number of benzene rings is 1. The smallest absolute Gasteiger partial charge is 0.305 e. The van der Waals surface area contributed by atoms with Crippen LogP contribution in [0, 0.1) is 29.6 Å². The molecule has 70 heavy (non-hydrogen) atoms. The highest BCUT2D eigenvalue weighted by Gasteiger charge is 2.37. The van der Waals surface area contributed by atoms with Crippen LogP contribution in [0.1, 0.15) is 104 Å². The maximum atomic E-state index is 14.4. The van der Waals surface area contributed by atoms with Gasteiger partial charge >= 0.3 is 5.97 Å². The van der Waals surface area contributed by atoms with Gasteiger partial charge in [-0.05, 0) is 82.0 Å². The summed E-state index contributed by atoms with van der Waals surface area (Å²) in [6.07, 6.45) is -3.05. The third-order valence-electron chi connectivity index (χ3n) is 11.6. The molecule has 1 aromatic carbocycles. The molecule has 0 fully saturated rings. The van der Waals surface area contributed by atoms with Crippen molar-refractivity contribution in [2.75, 3.05) is 33.4 Å². The van der Waals surface area contributed by atoms with Gasteiger partial charge in [-0.1, -0.05) is 39.3 Å². The Bertz CT molecular complexity index is 1910. The maximum Gasteiger partial charge on any atom is 0.305 e. The van der Waals surface area contributed by atoms with E-state index in [0.717, 1.165) is 0 Å². The lowest BCUT2D eigenvalue weighted by molar-refractivity contribution is -0.142. The Morgan fingerprint density at radius 3 is 1.70 bits per heavy atom. The number of carboxylic acids is 1. The molecule has 0 saturated carbocycles. The van der Waals surface area contributed by atoms with E-state index in [1.54, 1.807) is 0 Å². The number of nitrogens with one attached hydrogen (secondary N) is 4. The largest absolute Gasteiger partial charge is 0.508 e. The van der Waals surface area contributed by atoms with Gasteiger partial charge in [-0.3, -0.25) is 48.1 Å². The molecule has 0 radical (unpaired) electrons. The fraction of sp³-hybridized carbons (Fsp3) is 0.660. The van der Waals surface area contributed by atoms with Crippen molar-refractivity contribution in [2.45, 2.75) is 135 Å². The topological polar surface area (TPSA) is 408 Å². The molecule has 0 spiro atoms. The quantitative estimate of drug-likeness (QED) is 0.0212. The molecule has 16 N–H and O–H groups in total. The molecule has 9 atom stereocenters. The summed E-state index contributed by atoms with van der Waals surface area (Å²) in [6, 6.07) is 0.469. The van der Waals surface area contributed by atoms with Gasteiger partial charge in [-0.25, -0.2) is 0 Å². The minimum atomic E-state index is -1.76. The first-order valence-electron chi connectivity index (χ1n) is 23.6. The fourth-order valence-electron chi connectivity index (χ4n) is 7.40. The van der Waals surface area contributed by atoms with E-state index in [4.69, 9.17) is 27.7 Å². The van der Waals surface area contributed by atoms with Crippen LogP contribution >= 0.6 is 0 Å². The van der Waals surface area contributed by atoms with E-state index in [2.05, 4.69) is 26.3 Å². The van der Waals surface area contributed by atoms with Crippen LogP contribution in [-0.2, 0) is 54.3 Å². The highest BCUT2D eigenvalue weighted by Crippen LogP contribution is 2.22. The number of ether oxygens (including phenoxy) is 1. The number of nitrogens with two attached hydrogens (primary N) is 4. The Kier molecular flexibility index (Phi) is 29.0. The van der Waals surface area contributed by atoms with Gasteiger partial charge in [0.2, 0.25) is 29.5 Å². The number of aliphatic imine (C=N–C) groups is 1. The van der Waals surface area contributed by atoms with Crippen molar-refractivity contribution >= 4 is 58.8 Å². The van der Waals surface area contributed by atoms with Gasteiger partial charge in [0.15, 0.2) is 23.3 Å². The molecule has 394 valence electrons. The maximum absolute atomic E-state index is 14.4. The standard InChI is InChI=1S/C47H77N9O14/c1-26(2)19-37(42(49)65)56-45(68)31(10-8-17-52-47(50)51)22-38(60)35(20-29-11-13-32(59)14-12-29)54-44(67)30(9-6-7-16-48)21-39(61)36(24-41(63)64)55-46(69)33(28(4)58)23-40(62)34(15-18-70-5)53-43(66)27(3)25-57/h11-14,26-28,30-31,33-37,57-59H,6-10,15-25,48H2,1-5H3,(H2,49,65)(H,53,66)(H,54,67)(H,55,69)(H,56,68)(H,63,64)(H4,50,51,52)/t27-,28+,30+,31+,33-,34-,35-,36-,37-/m0/s1. The van der Waals surface area contributed by atoms with Crippen molar-refractivity contribution in [1.29, 1.82) is 0 Å². The molecule has 0 unspecified atom stereocenters. The summed E-state index contributed by atoms with van der Waals surface area (Å²) in [7, 11) is 1.37. The second kappa shape index (κ2) is 32.7. The Morgan fingerprint density at radius 1 is 0.671 bits per heavy atom. The molecular formula is C47H77N9O14. The average molecular weight is 992 g/mol. The number of aliphatic hydroxyl groups excluding tert-OH is 2. The van der Waals surface area contributed by atoms with Crippen LogP contribution in [-0.4, -0.2) is 143 Å². The van der Waals surface area contributed by atoms with Gasteiger partial charge in [0.25, 0.3) is 0 Å². The fourth-order valence-corrected chi connectivity index (χ4v) is 7.40. The molecule has 1 aromatic rings. The number of phenols is 1. The van der Waals surface area contributed by atoms with Crippen molar-refractivity contribution in [1.82, 2.24) is 21.3 Å². The van der Waals surface area contributed by atoms with Gasteiger partial charge < -0.3 is 69.4 Å². The summed E-state index contributed by atoms with van der Waals surface area (Å²) in [5.74, 6) is -12.6. The van der Waals surface area contributed by atoms with Gasteiger partial charge in [-0.15, -0.1) is 0 Å². The normalized spacial score (nSPS) is 15.1. The third-order valence-corrected chi connectivity index (χ3v) is 11.6. The number of phenolic OH excluding ortho intramolecular Hbond substituents is 1. The Morgan fingerprint density at radius 2 is 1.20 bits per heavy atom. The van der Waals surface area contributed by atoms with Crippen LogP contribution in [0.4, 0.5) is 0 Å². The van der Waals surface area contributed by atoms with E-state index in [1.807, 2.05) is 13.8 Å². The lowest BCUT2D eigenvalue weighted by Gasteiger charge is -2.27. The summed E-state index contributed by atoms with van der Waals surface area (Å²) in [6.45, 7) is 6.15. The van der Waals surface area contributed by atoms with E-state index >= 15 is 0 Å². The summed E-state index contributed by atoms with van der Waals surface area (Å²) < 4.78 is 5.05. The number of hydrogen-bond acceptors (Lipinski definition) is 15. The number of guanidine groups is 1. The highest BCUT2D eigenvalue weighted by molar-refractivity contribution is 5.98. The highest BCUT2D eigenvalue weighted by atomic mass is 16.5. The molecule has 0 aliphatic rings. The first-order valence-corrected chi connectivity index (χ1v) is 23.6. The van der Waals surface area contributed by atoms with Crippen LogP contribution in [0.15, 0.2) is 29.3 Å². The van der Waals surface area contributed by atoms with Crippen molar-refractivity contribution in [3.05, 3.63) is 29.8 Å². The predicted molar refractivity (Wildman–Crippen MR) is 257 cm³/mol. The lowest BCUT2D eigenvalue weighted by Crippen LogP contribution is -2.51. The summed E-state index contributed by atoms with van der Waals surface area (Å²) in [5.41, 5.74) is 22.8. The van der Waals surface area contributed by atoms with Crippen molar-refractivity contribution in [3.63, 3.8) is 0 Å². The molecule has 0 heterocycles. The van der Waals surface area contributed by atoms with E-state index in [1.165, 1.54) is 45.2 Å². The van der Waals surface area contributed by atoms with E-state index in [9.17, 15) is 63.6 Å². The number of rotatable bonds is 37. The number of aliphatic hydroxyl groups is 2. The molecular weight excluding hydrogens is 915 g/mol. The average Bonchev–Trinajstić information content (AvgIpc) is 3.28. The van der Waals surface area contributed by atoms with Gasteiger partial charge in [0.05, 0.1) is 49.1 Å². The number of amides is 5. The third kappa shape index (κ3) is 24.0. The Hall–Kier alpha value is -6.04. The summed E-state index contributed by atoms with van der Waals surface area (Å²) >= 11 is 0. The van der Waals surface area contributed by atoms with E-state index < -0.39 is 139 Å². The lowest BCUT2D eigenvalue weighted by atomic mass is 9.88. The number of aliphatic carboxylic acids is 1. The number of primary amides is 1. The number of carboxylic acid groups (broad SMARTS) is 1. The second-order valence-electron chi connectivity index (χ2n) is 18.1. The first-order chi connectivity index (χ1) is 32.9. The zero-order chi connectivity index (χ0) is 53.1. The molecule has 0 bridgehead atoms. The minimum Gasteiger partial charge on any atom is -0.508 e. The number of aromatic hydroxyl groups is 1. The Labute approximate surface area is 409 Å². The Balaban J connectivity index is 3.59. The zero-order valence-corrected chi connectivity index (χ0v) is 41.0. The van der Waals surface area contributed by atoms with Crippen LogP contribution in [0.5, 0.6) is 5.75 Å². The van der Waals surface area contributed by atoms with Crippen molar-refractivity contribution in [3.8, 4) is 5.75 Å². The number of ketones is 3. The number of carbonyl (C=O) groups excluding carboxylic acids is 8. The van der Waals surface area contributed by atoms with Gasteiger partial charge in [0.1, 0.15) is 11.8 Å². The monoisotopic (exact) mass is 992 g/mol. The summed E-state index contributed by atoms with van der Waals surface area (Å²) in [5, 5.41) is 50.1. The zero-order valence-electron chi connectivity index (χ0n) is 41.0. The molecule has 0 aromatic heterocycles. The first kappa shape index (κ1) is 62.0. The number of hydrogen-bond donors (Lipinski definition) is 12. The second-order valence-corrected chi connectivity index (χ2v) is 18.1. The number of unbranched alkanes of at least 4 members (excludes halogenated alkanes) is 1. The summed E-state index contributed by atoms with van der Waals surface area (Å²) in [4.78, 5) is 125. The molecule has 1 rings (SSSR count). The number of Topliss-reactive ketones (excluding diaryl/α,β-unsaturated/α-hetero) is 3. The van der Waals surface area contributed by atoms with Crippen LogP contribution in [0.3, 0.4) is 0 Å². The molecule has 0 aliphatic carbocycles. The minimum absolute atomic E-state index is 0.0189. The molecule has 23 heteroatoms. The van der Waals surface area contributed by atoms with Crippen molar-refractivity contribution < 1.29 is 68.3 Å². The van der Waals surface area contributed by atoms with Crippen LogP contribution < -0.4 is 44.2 Å². The number of carbonyl (C=O) groups is 9. The van der Waals surface area contributed by atoms with E-state index in [-0.39, 0.29) is 75.8 Å². The SMILES string of the molecule is COCC[C@H](NC(=O)[C@@H](C)CO)C(=O)C[C@H](C(=O)N[C@@H](CC(=O)O)C(=O)C[C@@H](CCCCN)C(=O)N[C@@H](Cc1ccc(O)cc1)C(=O)C[C@@H](CCCN=C(N)N)C(=O)N[C@@H](CC(C)C)C(N)=O)[C@@H](C)O. The number of nitrogens with zero attached hydrogens (tertiary/aromatic N) is 1. The van der Waals surface area contributed by atoms with Crippen molar-refractivity contribution in [2.24, 2.45) is 57.5 Å². The van der Waals surface area contributed by atoms with Gasteiger partial charge in [0, 0.05) is 51.4 Å². The predicted octanol–water partition coefficient (Wildman–Crippen LogP) is -1.17. The molecule has 5 amide bonds. The molecule has 0 saturated heterocycles. The van der Waals surface area contributed by atoms with E-state index in [0.29, 0.717) is 18.4 Å². The van der Waals surface area contributed by atoms with Gasteiger partial charge in [-0.2, -0.15) is 0 Å². The number of methoxy groups -OCH3 is 1. The molecule has 0 aliphatic heterocycles. The molecule has 23 nitrogen and oxygen atoms in total.